The fourth-order valence-electron chi connectivity index (χ4n) is 2.27. The van der Waals surface area contributed by atoms with Gasteiger partial charge in [0.15, 0.2) is 11.6 Å². The number of carbonyl (C=O) groups is 2. The summed E-state index contributed by atoms with van der Waals surface area (Å²) in [6.07, 6.45) is 2.58. The summed E-state index contributed by atoms with van der Waals surface area (Å²) in [5.74, 6) is 0.571. The van der Waals surface area contributed by atoms with Crippen molar-refractivity contribution in [2.45, 2.75) is 39.5 Å². The first-order chi connectivity index (χ1) is 6.99. The Morgan fingerprint density at radius 3 is 2.20 bits per heavy atom. The first-order valence-electron chi connectivity index (χ1n) is 5.42. The van der Waals surface area contributed by atoms with E-state index in [0.717, 1.165) is 12.8 Å². The van der Waals surface area contributed by atoms with Gasteiger partial charge in [-0.25, -0.2) is 0 Å². The zero-order valence-electron chi connectivity index (χ0n) is 9.26. The molecule has 0 unspecified atom stereocenters. The number of allylic oxidation sites excluding steroid dienone is 2. The van der Waals surface area contributed by atoms with Crippen LogP contribution in [0.25, 0.3) is 0 Å². The number of ketones is 2. The normalized spacial score (nSPS) is 25.7. The van der Waals surface area contributed by atoms with E-state index in [9.17, 15) is 9.59 Å². The summed E-state index contributed by atoms with van der Waals surface area (Å²) in [6.45, 7) is 4.56. The van der Waals surface area contributed by atoms with E-state index in [-0.39, 0.29) is 17.0 Å². The van der Waals surface area contributed by atoms with E-state index in [0.29, 0.717) is 30.8 Å². The highest BCUT2D eigenvalue weighted by Gasteiger charge is 2.38. The van der Waals surface area contributed by atoms with Crippen LogP contribution in [0.1, 0.15) is 39.5 Å². The van der Waals surface area contributed by atoms with E-state index >= 15 is 0 Å². The van der Waals surface area contributed by atoms with Crippen LogP contribution in [-0.2, 0) is 14.3 Å². The average Bonchev–Trinajstić information content (AvgIpc) is 2.52. The maximum absolute atomic E-state index is 11.8. The number of rotatable bonds is 0. The fourth-order valence-corrected chi connectivity index (χ4v) is 2.27. The minimum atomic E-state index is -0.184. The lowest BCUT2D eigenvalue weighted by Gasteiger charge is -2.28. The van der Waals surface area contributed by atoms with Crippen LogP contribution in [0, 0.1) is 5.41 Å². The van der Waals surface area contributed by atoms with E-state index in [1.807, 2.05) is 13.8 Å². The molecule has 3 nitrogen and oxygen atoms in total. The summed E-state index contributed by atoms with van der Waals surface area (Å²) in [5.41, 5.74) is 0.170. The molecule has 2 fully saturated rings. The van der Waals surface area contributed by atoms with Crippen LogP contribution < -0.4 is 0 Å². The Hall–Kier alpha value is -1.12. The van der Waals surface area contributed by atoms with Gasteiger partial charge < -0.3 is 4.74 Å². The van der Waals surface area contributed by atoms with Gasteiger partial charge in [0.1, 0.15) is 5.76 Å². The van der Waals surface area contributed by atoms with Gasteiger partial charge in [-0.15, -0.1) is 0 Å². The van der Waals surface area contributed by atoms with Gasteiger partial charge in [-0.2, -0.15) is 0 Å². The first-order valence-corrected chi connectivity index (χ1v) is 5.42. The maximum atomic E-state index is 11.8. The molecule has 1 saturated heterocycles. The van der Waals surface area contributed by atoms with Crippen molar-refractivity contribution in [1.82, 2.24) is 0 Å². The highest BCUT2D eigenvalue weighted by atomic mass is 16.5. The predicted octanol–water partition coefficient (Wildman–Crippen LogP) is 2.01. The molecule has 2 aliphatic rings. The molecule has 0 spiro atoms. The van der Waals surface area contributed by atoms with Crippen LogP contribution >= 0.6 is 0 Å². The van der Waals surface area contributed by atoms with Crippen LogP contribution in [0.4, 0.5) is 0 Å². The summed E-state index contributed by atoms with van der Waals surface area (Å²) >= 11 is 0. The molecule has 0 N–H and O–H groups in total. The second kappa shape index (κ2) is 3.47. The van der Waals surface area contributed by atoms with Crippen molar-refractivity contribution >= 4 is 11.6 Å². The Morgan fingerprint density at radius 1 is 1.13 bits per heavy atom. The fraction of sp³-hybridized carbons (Fsp3) is 0.667. The molecule has 82 valence electrons. The van der Waals surface area contributed by atoms with Gasteiger partial charge in [0.05, 0.1) is 12.2 Å². The van der Waals surface area contributed by atoms with Crippen LogP contribution in [0.15, 0.2) is 11.3 Å². The van der Waals surface area contributed by atoms with Crippen molar-refractivity contribution in [3.8, 4) is 0 Å². The topological polar surface area (TPSA) is 43.4 Å². The molecule has 1 heterocycles. The molecule has 0 aromatic heterocycles. The molecule has 0 aromatic rings. The molecule has 0 radical (unpaired) electrons. The SMILES string of the molecule is CC1(C)CC(=O)C(=C2CCCO2)C(=O)C1. The van der Waals surface area contributed by atoms with Crippen LogP contribution in [0.5, 0.6) is 0 Å². The Morgan fingerprint density at radius 2 is 1.73 bits per heavy atom. The molecule has 0 atom stereocenters. The number of hydrogen-bond acceptors (Lipinski definition) is 3. The van der Waals surface area contributed by atoms with Gasteiger partial charge in [0.2, 0.25) is 0 Å². The molecular weight excluding hydrogens is 192 g/mol. The molecule has 1 aliphatic heterocycles. The van der Waals surface area contributed by atoms with Crippen LogP contribution in [0.2, 0.25) is 0 Å². The minimum absolute atomic E-state index is 0.0341. The molecule has 1 aliphatic carbocycles. The van der Waals surface area contributed by atoms with E-state index in [2.05, 4.69) is 0 Å². The summed E-state index contributed by atoms with van der Waals surface area (Å²) < 4.78 is 5.34. The Labute approximate surface area is 89.5 Å². The van der Waals surface area contributed by atoms with E-state index in [4.69, 9.17) is 4.74 Å². The van der Waals surface area contributed by atoms with Crippen molar-refractivity contribution < 1.29 is 14.3 Å². The molecule has 1 saturated carbocycles. The zero-order chi connectivity index (χ0) is 11.1. The van der Waals surface area contributed by atoms with Crippen molar-refractivity contribution in [3.63, 3.8) is 0 Å². The highest BCUT2D eigenvalue weighted by Crippen LogP contribution is 2.36. The molecule has 15 heavy (non-hydrogen) atoms. The third-order valence-electron chi connectivity index (χ3n) is 2.94. The van der Waals surface area contributed by atoms with E-state index in [1.165, 1.54) is 0 Å². The number of ether oxygens (including phenoxy) is 1. The van der Waals surface area contributed by atoms with E-state index in [1.54, 1.807) is 0 Å². The van der Waals surface area contributed by atoms with E-state index < -0.39 is 0 Å². The molecular formula is C12H16O3. The van der Waals surface area contributed by atoms with Gasteiger partial charge in [-0.1, -0.05) is 13.8 Å². The van der Waals surface area contributed by atoms with Gasteiger partial charge in [-0.05, 0) is 11.8 Å². The number of Topliss-reactive ketones (excluding diaryl/α,β-unsaturated/α-hetero) is 2. The van der Waals surface area contributed by atoms with Crippen molar-refractivity contribution in [2.24, 2.45) is 5.41 Å². The molecule has 3 heteroatoms. The summed E-state index contributed by atoms with van der Waals surface area (Å²) in [7, 11) is 0. The third kappa shape index (κ3) is 1.96. The quantitative estimate of drug-likeness (QED) is 0.452. The molecule has 0 bridgehead atoms. The predicted molar refractivity (Wildman–Crippen MR) is 55.2 cm³/mol. The second-order valence-corrected chi connectivity index (χ2v) is 5.11. The van der Waals surface area contributed by atoms with Crippen LogP contribution in [-0.4, -0.2) is 18.2 Å². The Bertz CT molecular complexity index is 320. The standard InChI is InChI=1S/C12H16O3/c1-12(2)6-8(13)11(9(14)7-12)10-4-3-5-15-10/h3-7H2,1-2H3. The van der Waals surface area contributed by atoms with Crippen LogP contribution in [0.3, 0.4) is 0 Å². The third-order valence-corrected chi connectivity index (χ3v) is 2.94. The number of hydrogen-bond donors (Lipinski definition) is 0. The maximum Gasteiger partial charge on any atom is 0.170 e. The molecule has 0 aromatic carbocycles. The molecule has 2 rings (SSSR count). The van der Waals surface area contributed by atoms with Gasteiger partial charge in [0, 0.05) is 19.3 Å². The first kappa shape index (κ1) is 10.4. The van der Waals surface area contributed by atoms with Crippen molar-refractivity contribution in [2.75, 3.05) is 6.61 Å². The lowest BCUT2D eigenvalue weighted by molar-refractivity contribution is -0.127. The largest absolute Gasteiger partial charge is 0.497 e. The highest BCUT2D eigenvalue weighted by molar-refractivity contribution is 6.22. The second-order valence-electron chi connectivity index (χ2n) is 5.11. The van der Waals surface area contributed by atoms with Crippen molar-refractivity contribution in [1.29, 1.82) is 0 Å². The Balaban J connectivity index is 2.31. The summed E-state index contributed by atoms with van der Waals surface area (Å²) in [5, 5.41) is 0. The smallest absolute Gasteiger partial charge is 0.170 e. The lowest BCUT2D eigenvalue weighted by Crippen LogP contribution is -2.32. The molecule has 0 amide bonds. The zero-order valence-corrected chi connectivity index (χ0v) is 9.26. The monoisotopic (exact) mass is 208 g/mol. The van der Waals surface area contributed by atoms with Gasteiger partial charge >= 0.3 is 0 Å². The lowest BCUT2D eigenvalue weighted by atomic mass is 9.73. The summed E-state index contributed by atoms with van der Waals surface area (Å²) in [4.78, 5) is 23.7. The van der Waals surface area contributed by atoms with Crippen molar-refractivity contribution in [3.05, 3.63) is 11.3 Å². The van der Waals surface area contributed by atoms with Gasteiger partial charge in [0.25, 0.3) is 0 Å². The Kier molecular flexibility index (Phi) is 2.41. The van der Waals surface area contributed by atoms with Gasteiger partial charge in [-0.3, -0.25) is 9.59 Å². The minimum Gasteiger partial charge on any atom is -0.497 e. The average molecular weight is 208 g/mol. The summed E-state index contributed by atoms with van der Waals surface area (Å²) in [6, 6.07) is 0. The number of carbonyl (C=O) groups excluding carboxylic acids is 2.